The van der Waals surface area contributed by atoms with E-state index in [1.165, 1.54) is 12.1 Å². The predicted octanol–water partition coefficient (Wildman–Crippen LogP) is 3.26. The van der Waals surface area contributed by atoms with Crippen LogP contribution in [0.4, 0.5) is 4.79 Å². The molecule has 0 saturated carbocycles. The minimum absolute atomic E-state index is 0.139. The van der Waals surface area contributed by atoms with Gasteiger partial charge < -0.3 is 4.90 Å². The van der Waals surface area contributed by atoms with Gasteiger partial charge >= 0.3 is 6.03 Å². The lowest BCUT2D eigenvalue weighted by Gasteiger charge is -2.22. The molecule has 2 amide bonds. The first-order valence-corrected chi connectivity index (χ1v) is 9.43. The molecule has 5 nitrogen and oxygen atoms in total. The fourth-order valence-electron chi connectivity index (χ4n) is 2.98. The Labute approximate surface area is 142 Å². The summed E-state index contributed by atoms with van der Waals surface area (Å²) in [7, 11) is -3.84. The second-order valence-corrected chi connectivity index (χ2v) is 7.61. The van der Waals surface area contributed by atoms with Crippen LogP contribution >= 0.6 is 0 Å². The van der Waals surface area contributed by atoms with Crippen molar-refractivity contribution in [3.63, 3.8) is 0 Å². The van der Waals surface area contributed by atoms with Gasteiger partial charge in [0.15, 0.2) is 0 Å². The maximum atomic E-state index is 12.8. The van der Waals surface area contributed by atoms with Crippen LogP contribution in [0.5, 0.6) is 0 Å². The summed E-state index contributed by atoms with van der Waals surface area (Å²) < 4.78 is 26.7. The van der Waals surface area contributed by atoms with Gasteiger partial charge in [0.1, 0.15) is 0 Å². The van der Waals surface area contributed by atoms with E-state index < -0.39 is 16.1 Å². The number of sulfonamides is 1. The molecule has 2 aromatic carbocycles. The average Bonchev–Trinajstić information content (AvgIpc) is 2.94. The smallest absolute Gasteiger partial charge is 0.315 e. The molecular weight excluding hydrogens is 324 g/mol. The van der Waals surface area contributed by atoms with Gasteiger partial charge in [-0.1, -0.05) is 55.5 Å². The monoisotopic (exact) mass is 344 g/mol. The molecule has 0 aliphatic carbocycles. The lowest BCUT2D eigenvalue weighted by Crippen LogP contribution is -2.36. The first-order valence-electron chi connectivity index (χ1n) is 7.99. The number of rotatable bonds is 5. The number of carbonyl (C=O) groups is 1. The number of nitrogens with zero attached hydrogens (tertiary/aromatic N) is 2. The number of hydrogen-bond donors (Lipinski definition) is 0. The first kappa shape index (κ1) is 16.5. The molecule has 1 heterocycles. The van der Waals surface area contributed by atoms with Crippen molar-refractivity contribution in [2.45, 2.75) is 24.3 Å². The van der Waals surface area contributed by atoms with E-state index >= 15 is 0 Å². The molecule has 6 heteroatoms. The van der Waals surface area contributed by atoms with Crippen molar-refractivity contribution in [2.24, 2.45) is 0 Å². The molecule has 0 N–H and O–H groups in total. The van der Waals surface area contributed by atoms with Gasteiger partial charge in [0, 0.05) is 6.54 Å². The van der Waals surface area contributed by atoms with Crippen LogP contribution in [0.25, 0.3) is 0 Å². The van der Waals surface area contributed by atoms with Gasteiger partial charge in [-0.2, -0.15) is 0 Å². The van der Waals surface area contributed by atoms with Gasteiger partial charge in [-0.3, -0.25) is 0 Å². The Balaban J connectivity index is 1.98. The van der Waals surface area contributed by atoms with E-state index in [-0.39, 0.29) is 17.5 Å². The van der Waals surface area contributed by atoms with E-state index in [4.69, 9.17) is 0 Å². The van der Waals surface area contributed by atoms with E-state index in [2.05, 4.69) is 0 Å². The maximum Gasteiger partial charge on any atom is 0.334 e. The van der Waals surface area contributed by atoms with Gasteiger partial charge in [-0.25, -0.2) is 17.5 Å². The number of urea groups is 1. The third-order valence-electron chi connectivity index (χ3n) is 4.15. The minimum atomic E-state index is -3.84. The Morgan fingerprint density at radius 3 is 2.17 bits per heavy atom. The zero-order valence-corrected chi connectivity index (χ0v) is 14.3. The Bertz CT molecular complexity index is 807. The molecule has 2 aromatic rings. The highest BCUT2D eigenvalue weighted by Gasteiger charge is 2.43. The SMILES string of the molecule is CCCN1C(=O)N(S(=O)(=O)c2ccccc2)CC1c1ccccc1. The summed E-state index contributed by atoms with van der Waals surface area (Å²) >= 11 is 0. The lowest BCUT2D eigenvalue weighted by molar-refractivity contribution is 0.197. The zero-order valence-electron chi connectivity index (χ0n) is 13.5. The second-order valence-electron chi connectivity index (χ2n) is 5.75. The van der Waals surface area contributed by atoms with Crippen molar-refractivity contribution in [1.29, 1.82) is 0 Å². The van der Waals surface area contributed by atoms with E-state index in [1.807, 2.05) is 37.3 Å². The average molecular weight is 344 g/mol. The van der Waals surface area contributed by atoms with E-state index in [9.17, 15) is 13.2 Å². The Morgan fingerprint density at radius 1 is 1.00 bits per heavy atom. The van der Waals surface area contributed by atoms with Gasteiger partial charge in [-0.05, 0) is 24.1 Å². The van der Waals surface area contributed by atoms with E-state index in [0.29, 0.717) is 6.54 Å². The zero-order chi connectivity index (χ0) is 17.2. The highest BCUT2D eigenvalue weighted by atomic mass is 32.2. The molecule has 24 heavy (non-hydrogen) atoms. The summed E-state index contributed by atoms with van der Waals surface area (Å²) in [5, 5.41) is 0. The molecule has 0 bridgehead atoms. The molecule has 0 spiro atoms. The molecule has 1 atom stereocenters. The van der Waals surface area contributed by atoms with Crippen molar-refractivity contribution in [3.05, 3.63) is 66.2 Å². The summed E-state index contributed by atoms with van der Waals surface area (Å²) in [5.41, 5.74) is 0.949. The van der Waals surface area contributed by atoms with E-state index in [0.717, 1.165) is 16.3 Å². The fraction of sp³-hybridized carbons (Fsp3) is 0.278. The van der Waals surface area contributed by atoms with Crippen molar-refractivity contribution < 1.29 is 13.2 Å². The van der Waals surface area contributed by atoms with Crippen LogP contribution in [-0.4, -0.2) is 36.7 Å². The molecule has 0 radical (unpaired) electrons. The highest BCUT2D eigenvalue weighted by molar-refractivity contribution is 7.89. The third kappa shape index (κ3) is 2.89. The van der Waals surface area contributed by atoms with Crippen LogP contribution < -0.4 is 0 Å². The van der Waals surface area contributed by atoms with Gasteiger partial charge in [0.05, 0.1) is 17.5 Å². The topological polar surface area (TPSA) is 57.7 Å². The van der Waals surface area contributed by atoms with Crippen LogP contribution in [-0.2, 0) is 10.0 Å². The molecule has 1 unspecified atom stereocenters. The van der Waals surface area contributed by atoms with Crippen molar-refractivity contribution in [1.82, 2.24) is 9.21 Å². The van der Waals surface area contributed by atoms with Crippen molar-refractivity contribution in [2.75, 3.05) is 13.1 Å². The Morgan fingerprint density at radius 2 is 1.58 bits per heavy atom. The normalized spacial score (nSPS) is 18.2. The number of hydrogen-bond acceptors (Lipinski definition) is 3. The summed E-state index contributed by atoms with van der Waals surface area (Å²) in [6, 6.07) is 17.0. The van der Waals surface area contributed by atoms with Crippen LogP contribution in [0.15, 0.2) is 65.6 Å². The minimum Gasteiger partial charge on any atom is -0.315 e. The summed E-state index contributed by atoms with van der Waals surface area (Å²) in [4.78, 5) is 14.6. The van der Waals surface area contributed by atoms with Crippen molar-refractivity contribution >= 4 is 16.1 Å². The fourth-order valence-corrected chi connectivity index (χ4v) is 4.39. The van der Waals surface area contributed by atoms with Gasteiger partial charge in [0.2, 0.25) is 0 Å². The highest BCUT2D eigenvalue weighted by Crippen LogP contribution is 2.33. The molecule has 1 aliphatic rings. The standard InChI is InChI=1S/C18H20N2O3S/c1-2-13-19-17(15-9-5-3-6-10-15)14-20(18(19)21)24(22,23)16-11-7-4-8-12-16/h3-12,17H,2,13-14H2,1H3. The summed E-state index contributed by atoms with van der Waals surface area (Å²) in [6.07, 6.45) is 0.772. The largest absolute Gasteiger partial charge is 0.334 e. The Kier molecular flexibility index (Phi) is 4.57. The maximum absolute atomic E-state index is 12.8. The molecule has 1 saturated heterocycles. The quantitative estimate of drug-likeness (QED) is 0.836. The van der Waals surface area contributed by atoms with Gasteiger partial charge in [0.25, 0.3) is 10.0 Å². The second kappa shape index (κ2) is 6.65. The molecule has 1 fully saturated rings. The molecule has 3 rings (SSSR count). The number of benzene rings is 2. The third-order valence-corrected chi connectivity index (χ3v) is 5.91. The molecule has 126 valence electrons. The molecular formula is C18H20N2O3S. The summed E-state index contributed by atoms with van der Waals surface area (Å²) in [5.74, 6) is 0. The number of carbonyl (C=O) groups excluding carboxylic acids is 1. The first-order chi connectivity index (χ1) is 11.6. The van der Waals surface area contributed by atoms with Crippen molar-refractivity contribution in [3.8, 4) is 0 Å². The van der Waals surface area contributed by atoms with Crippen LogP contribution in [0, 0.1) is 0 Å². The lowest BCUT2D eigenvalue weighted by atomic mass is 10.1. The predicted molar refractivity (Wildman–Crippen MR) is 91.9 cm³/mol. The van der Waals surface area contributed by atoms with Crippen LogP contribution in [0.1, 0.15) is 24.9 Å². The molecule has 1 aliphatic heterocycles. The van der Waals surface area contributed by atoms with Crippen LogP contribution in [0.3, 0.4) is 0 Å². The summed E-state index contributed by atoms with van der Waals surface area (Å²) in [6.45, 7) is 2.64. The Hall–Kier alpha value is -2.34. The van der Waals surface area contributed by atoms with Gasteiger partial charge in [-0.15, -0.1) is 0 Å². The van der Waals surface area contributed by atoms with Crippen LogP contribution in [0.2, 0.25) is 0 Å². The number of amides is 2. The van der Waals surface area contributed by atoms with E-state index in [1.54, 1.807) is 23.1 Å². The molecule has 0 aromatic heterocycles.